The molecular formula is C26H25ClF2N4O8. The number of carbonyl (C=O) groups excluding carboxylic acids is 1. The number of hydrogen-bond acceptors (Lipinski definition) is 10. The number of halogens is 3. The Morgan fingerprint density at radius 3 is 2.46 bits per heavy atom. The lowest BCUT2D eigenvalue weighted by Crippen LogP contribution is -2.17. The Labute approximate surface area is 236 Å². The van der Waals surface area contributed by atoms with Crippen LogP contribution in [-0.2, 0) is 27.5 Å². The molecule has 0 unspecified atom stereocenters. The third-order valence-electron chi connectivity index (χ3n) is 5.67. The zero-order valence-electron chi connectivity index (χ0n) is 22.4. The average molecular weight is 595 g/mol. The van der Waals surface area contributed by atoms with Crippen molar-refractivity contribution in [2.75, 3.05) is 34.5 Å². The summed E-state index contributed by atoms with van der Waals surface area (Å²) in [6, 6.07) is 4.79. The minimum Gasteiger partial charge on any atom is -0.496 e. The maximum absolute atomic E-state index is 14.6. The normalized spacial score (nSPS) is 11.0. The summed E-state index contributed by atoms with van der Waals surface area (Å²) < 4.78 is 61.6. The fourth-order valence-electron chi connectivity index (χ4n) is 3.88. The molecule has 1 N–H and O–H groups in total. The van der Waals surface area contributed by atoms with E-state index in [1.165, 1.54) is 39.5 Å². The molecule has 0 aliphatic carbocycles. The fraction of sp³-hybridized carbons (Fsp3) is 0.308. The summed E-state index contributed by atoms with van der Waals surface area (Å²) in [6.45, 7) is 0.767. The standard InChI is InChI=1S/C26H25ClF2N4O8/c1-5-39-21(34)12-41-18-8-14(27)16(9-19(18)40-10-13-17(37-3)7-6-15(28)22(13)29)33-24-23(32-26(33)35)25(38-4)31-20(30-24)11-36-2/h6-9H,5,10-12H2,1-4H3,(H,32,35). The van der Waals surface area contributed by atoms with Crippen LogP contribution in [0.15, 0.2) is 29.1 Å². The number of fused-ring (bicyclic) bond motifs is 1. The summed E-state index contributed by atoms with van der Waals surface area (Å²) >= 11 is 6.57. The largest absolute Gasteiger partial charge is 0.496 e. The van der Waals surface area contributed by atoms with Crippen molar-refractivity contribution >= 4 is 28.7 Å². The van der Waals surface area contributed by atoms with Gasteiger partial charge in [-0.15, -0.1) is 0 Å². The second kappa shape index (κ2) is 12.8. The Hall–Kier alpha value is -4.43. The zero-order valence-corrected chi connectivity index (χ0v) is 23.1. The van der Waals surface area contributed by atoms with Gasteiger partial charge in [-0.25, -0.2) is 27.9 Å². The predicted molar refractivity (Wildman–Crippen MR) is 141 cm³/mol. The van der Waals surface area contributed by atoms with E-state index in [-0.39, 0.29) is 69.6 Å². The molecule has 0 bridgehead atoms. The molecule has 0 radical (unpaired) electrons. The van der Waals surface area contributed by atoms with Gasteiger partial charge in [0, 0.05) is 19.2 Å². The van der Waals surface area contributed by atoms with E-state index in [1.807, 2.05) is 0 Å². The molecule has 0 amide bonds. The number of methoxy groups -OCH3 is 3. The number of H-pyrrole nitrogens is 1. The average Bonchev–Trinajstić information content (AvgIpc) is 3.28. The molecular weight excluding hydrogens is 570 g/mol. The van der Waals surface area contributed by atoms with E-state index < -0.39 is 36.5 Å². The van der Waals surface area contributed by atoms with Gasteiger partial charge in [-0.2, -0.15) is 4.98 Å². The minimum atomic E-state index is -1.17. The van der Waals surface area contributed by atoms with Gasteiger partial charge in [0.05, 0.1) is 37.1 Å². The Morgan fingerprint density at radius 1 is 1.02 bits per heavy atom. The maximum Gasteiger partial charge on any atom is 0.344 e. The van der Waals surface area contributed by atoms with Gasteiger partial charge in [0.15, 0.2) is 41.2 Å². The lowest BCUT2D eigenvalue weighted by molar-refractivity contribution is -0.145. The highest BCUT2D eigenvalue weighted by molar-refractivity contribution is 6.32. The second-order valence-electron chi connectivity index (χ2n) is 8.22. The highest BCUT2D eigenvalue weighted by atomic mass is 35.5. The number of benzene rings is 2. The Kier molecular flexibility index (Phi) is 9.24. The number of esters is 1. The smallest absolute Gasteiger partial charge is 0.344 e. The monoisotopic (exact) mass is 594 g/mol. The Bertz CT molecular complexity index is 1640. The first-order valence-electron chi connectivity index (χ1n) is 12.0. The van der Waals surface area contributed by atoms with Crippen LogP contribution in [0.1, 0.15) is 18.3 Å². The minimum absolute atomic E-state index is 0.000374. The first-order chi connectivity index (χ1) is 19.7. The van der Waals surface area contributed by atoms with Crippen molar-refractivity contribution in [3.63, 3.8) is 0 Å². The van der Waals surface area contributed by atoms with Gasteiger partial charge in [-0.3, -0.25) is 4.98 Å². The van der Waals surface area contributed by atoms with Crippen LogP contribution in [-0.4, -0.2) is 60.0 Å². The molecule has 218 valence electrons. The number of hydrogen-bond donors (Lipinski definition) is 1. The molecule has 0 spiro atoms. The SMILES string of the molecule is CCOC(=O)COc1cc(Cl)c(-n2c(=O)[nH]c3c(OC)nc(COC)nc32)cc1OCc1c(OC)ccc(F)c1F. The Balaban J connectivity index is 1.84. The molecule has 4 aromatic rings. The van der Waals surface area contributed by atoms with Gasteiger partial charge in [0.25, 0.3) is 0 Å². The van der Waals surface area contributed by atoms with Crippen LogP contribution in [0.4, 0.5) is 8.78 Å². The molecule has 2 aromatic carbocycles. The molecule has 0 aliphatic rings. The van der Waals surface area contributed by atoms with Crippen LogP contribution < -0.4 is 24.6 Å². The second-order valence-corrected chi connectivity index (χ2v) is 8.63. The van der Waals surface area contributed by atoms with E-state index in [0.29, 0.717) is 0 Å². The summed E-state index contributed by atoms with van der Waals surface area (Å²) in [4.78, 5) is 36.3. The highest BCUT2D eigenvalue weighted by Crippen LogP contribution is 2.37. The summed E-state index contributed by atoms with van der Waals surface area (Å²) in [5, 5.41) is -0.000374. The maximum atomic E-state index is 14.6. The lowest BCUT2D eigenvalue weighted by Gasteiger charge is -2.17. The molecule has 2 aromatic heterocycles. The number of ether oxygens (including phenoxy) is 6. The molecule has 15 heteroatoms. The summed E-state index contributed by atoms with van der Waals surface area (Å²) in [5.41, 5.74) is -0.485. The fourth-order valence-corrected chi connectivity index (χ4v) is 4.12. The third kappa shape index (κ3) is 6.18. The van der Waals surface area contributed by atoms with E-state index in [2.05, 4.69) is 15.0 Å². The number of rotatable bonds is 12. The van der Waals surface area contributed by atoms with Crippen molar-refractivity contribution in [3.8, 4) is 28.8 Å². The number of carbonyl (C=O) groups is 1. The molecule has 0 aliphatic heterocycles. The topological polar surface area (TPSA) is 136 Å². The van der Waals surface area contributed by atoms with Gasteiger partial charge in [0.1, 0.15) is 24.5 Å². The van der Waals surface area contributed by atoms with Gasteiger partial charge in [-0.05, 0) is 19.1 Å². The van der Waals surface area contributed by atoms with E-state index in [4.69, 9.17) is 40.0 Å². The van der Waals surface area contributed by atoms with Crippen LogP contribution in [0.2, 0.25) is 5.02 Å². The number of imidazole rings is 1. The van der Waals surface area contributed by atoms with Gasteiger partial charge < -0.3 is 28.4 Å². The number of nitrogens with one attached hydrogen (secondary N) is 1. The number of nitrogens with zero attached hydrogens (tertiary/aromatic N) is 3. The van der Waals surface area contributed by atoms with Gasteiger partial charge >= 0.3 is 11.7 Å². The van der Waals surface area contributed by atoms with E-state index in [0.717, 1.165) is 10.6 Å². The van der Waals surface area contributed by atoms with Crippen LogP contribution in [0.25, 0.3) is 16.9 Å². The van der Waals surface area contributed by atoms with Crippen molar-refractivity contribution in [2.45, 2.75) is 20.1 Å². The van der Waals surface area contributed by atoms with Crippen LogP contribution in [0, 0.1) is 11.6 Å². The summed E-state index contributed by atoms with van der Waals surface area (Å²) in [6.07, 6.45) is 0. The molecule has 2 heterocycles. The van der Waals surface area contributed by atoms with E-state index in [1.54, 1.807) is 6.92 Å². The molecule has 0 fully saturated rings. The summed E-state index contributed by atoms with van der Waals surface area (Å²) in [7, 11) is 4.13. The lowest BCUT2D eigenvalue weighted by atomic mass is 10.2. The van der Waals surface area contributed by atoms with E-state index >= 15 is 0 Å². The Morgan fingerprint density at radius 2 is 1.78 bits per heavy atom. The number of aromatic amines is 1. The predicted octanol–water partition coefficient (Wildman–Crippen LogP) is 3.72. The first-order valence-corrected chi connectivity index (χ1v) is 12.4. The quantitative estimate of drug-likeness (QED) is 0.242. The zero-order chi connectivity index (χ0) is 29.7. The van der Waals surface area contributed by atoms with Crippen molar-refractivity contribution < 1.29 is 42.0 Å². The molecule has 4 rings (SSSR count). The van der Waals surface area contributed by atoms with Crippen LogP contribution >= 0.6 is 11.6 Å². The molecule has 12 nitrogen and oxygen atoms in total. The molecule has 41 heavy (non-hydrogen) atoms. The van der Waals surface area contributed by atoms with Crippen molar-refractivity contribution in [1.82, 2.24) is 19.5 Å². The third-order valence-corrected chi connectivity index (χ3v) is 5.97. The van der Waals surface area contributed by atoms with Gasteiger partial charge in [-0.1, -0.05) is 11.6 Å². The number of aromatic nitrogens is 4. The molecule has 0 atom stereocenters. The summed E-state index contributed by atoms with van der Waals surface area (Å²) in [5.74, 6) is -2.70. The van der Waals surface area contributed by atoms with Crippen LogP contribution in [0.3, 0.4) is 0 Å². The molecule has 0 saturated carbocycles. The van der Waals surface area contributed by atoms with Crippen molar-refractivity contribution in [2.24, 2.45) is 0 Å². The van der Waals surface area contributed by atoms with Crippen LogP contribution in [0.5, 0.6) is 23.1 Å². The first kappa shape index (κ1) is 29.6. The highest BCUT2D eigenvalue weighted by Gasteiger charge is 2.23. The van der Waals surface area contributed by atoms with Gasteiger partial charge in [0.2, 0.25) is 5.88 Å². The molecule has 0 saturated heterocycles. The van der Waals surface area contributed by atoms with Crippen molar-refractivity contribution in [3.05, 3.63) is 62.8 Å². The van der Waals surface area contributed by atoms with Crippen molar-refractivity contribution in [1.29, 1.82) is 0 Å². The van der Waals surface area contributed by atoms with E-state index in [9.17, 15) is 18.4 Å².